The van der Waals surface area contributed by atoms with Crippen molar-refractivity contribution in [3.05, 3.63) is 90.3 Å². The van der Waals surface area contributed by atoms with Crippen LogP contribution in [0.25, 0.3) is 22.6 Å². The molecule has 1 amide bonds. The second-order valence-electron chi connectivity index (χ2n) is 7.90. The average Bonchev–Trinajstić information content (AvgIpc) is 3.43. The summed E-state index contributed by atoms with van der Waals surface area (Å²) in [4.78, 5) is 24.3. The number of hydrogen-bond donors (Lipinski definition) is 0. The molecule has 0 N–H and O–H groups in total. The van der Waals surface area contributed by atoms with Gasteiger partial charge in [-0.05, 0) is 47.7 Å². The smallest absolute Gasteiger partial charge is 0.260 e. The van der Waals surface area contributed by atoms with Crippen LogP contribution in [0.4, 0.5) is 5.82 Å². The molecule has 6 rings (SSSR count). The van der Waals surface area contributed by atoms with Crippen LogP contribution in [-0.4, -0.2) is 20.4 Å². The normalized spacial score (nSPS) is 15.5. The summed E-state index contributed by atoms with van der Waals surface area (Å²) < 4.78 is 2.19. The van der Waals surface area contributed by atoms with Crippen LogP contribution in [0.2, 0.25) is 0 Å². The molecule has 2 aromatic carbocycles. The van der Waals surface area contributed by atoms with Crippen LogP contribution in [0.1, 0.15) is 34.8 Å². The van der Waals surface area contributed by atoms with Crippen molar-refractivity contribution in [2.45, 2.75) is 25.4 Å². The van der Waals surface area contributed by atoms with E-state index in [-0.39, 0.29) is 5.91 Å². The van der Waals surface area contributed by atoms with Crippen LogP contribution < -0.4 is 4.90 Å². The molecular formula is C25H20N4O. The van der Waals surface area contributed by atoms with Gasteiger partial charge in [0.05, 0.1) is 6.54 Å². The van der Waals surface area contributed by atoms with Crippen molar-refractivity contribution in [3.8, 4) is 22.6 Å². The van der Waals surface area contributed by atoms with E-state index in [4.69, 9.17) is 4.98 Å². The standard InChI is InChI=1S/C25H20N4O/c30-25-21-15-18(17-5-2-1-3-6-17)9-10-19(21)16-29(25)23-8-4-7-22(27-23)24-26-13-14-28(24)20-11-12-20/h1-10,13-15,20H,11-12,16H2. The van der Waals surface area contributed by atoms with E-state index in [9.17, 15) is 4.79 Å². The van der Waals surface area contributed by atoms with Crippen molar-refractivity contribution in [3.63, 3.8) is 0 Å². The van der Waals surface area contributed by atoms with Crippen LogP contribution >= 0.6 is 0 Å². The molecule has 0 spiro atoms. The number of fused-ring (bicyclic) bond motifs is 1. The second-order valence-corrected chi connectivity index (χ2v) is 7.90. The molecule has 2 aromatic heterocycles. The Bertz CT molecular complexity index is 1260. The van der Waals surface area contributed by atoms with Crippen molar-refractivity contribution in [2.24, 2.45) is 0 Å². The average molecular weight is 392 g/mol. The molecule has 0 atom stereocenters. The summed E-state index contributed by atoms with van der Waals surface area (Å²) in [5.74, 6) is 1.54. The number of carbonyl (C=O) groups excluding carboxylic acids is 1. The van der Waals surface area contributed by atoms with Crippen molar-refractivity contribution in [2.75, 3.05) is 4.90 Å². The Morgan fingerprint density at radius 1 is 0.900 bits per heavy atom. The van der Waals surface area contributed by atoms with Gasteiger partial charge in [-0.25, -0.2) is 9.97 Å². The largest absolute Gasteiger partial charge is 0.327 e. The summed E-state index contributed by atoms with van der Waals surface area (Å²) >= 11 is 0. The quantitative estimate of drug-likeness (QED) is 0.485. The third-order valence-electron chi connectivity index (χ3n) is 5.87. The Hall–Kier alpha value is -3.73. The highest BCUT2D eigenvalue weighted by Crippen LogP contribution is 2.38. The van der Waals surface area contributed by atoms with Gasteiger partial charge in [-0.1, -0.05) is 48.5 Å². The molecule has 146 valence electrons. The number of pyridine rings is 1. The summed E-state index contributed by atoms with van der Waals surface area (Å²) in [7, 11) is 0. The van der Waals surface area contributed by atoms with Crippen molar-refractivity contribution < 1.29 is 4.79 Å². The maximum absolute atomic E-state index is 13.2. The molecule has 4 aromatic rings. The van der Waals surface area contributed by atoms with E-state index in [1.54, 1.807) is 4.90 Å². The summed E-state index contributed by atoms with van der Waals surface area (Å²) in [5.41, 5.74) is 4.75. The fraction of sp³-hybridized carbons (Fsp3) is 0.160. The van der Waals surface area contributed by atoms with E-state index in [1.807, 2.05) is 54.9 Å². The number of benzene rings is 2. The fourth-order valence-electron chi connectivity index (χ4n) is 4.15. The van der Waals surface area contributed by atoms with Gasteiger partial charge in [0.1, 0.15) is 11.5 Å². The number of amides is 1. The first-order valence-electron chi connectivity index (χ1n) is 10.3. The molecule has 5 heteroatoms. The molecule has 3 heterocycles. The molecule has 2 aliphatic rings. The third kappa shape index (κ3) is 2.82. The van der Waals surface area contributed by atoms with Gasteiger partial charge in [-0.15, -0.1) is 0 Å². The van der Waals surface area contributed by atoms with Gasteiger partial charge < -0.3 is 4.57 Å². The molecule has 0 unspecified atom stereocenters. The van der Waals surface area contributed by atoms with Crippen molar-refractivity contribution in [1.29, 1.82) is 0 Å². The Morgan fingerprint density at radius 3 is 2.60 bits per heavy atom. The van der Waals surface area contributed by atoms with Gasteiger partial charge in [0, 0.05) is 24.0 Å². The summed E-state index contributed by atoms with van der Waals surface area (Å²) in [6.07, 6.45) is 6.22. The van der Waals surface area contributed by atoms with Crippen molar-refractivity contribution >= 4 is 11.7 Å². The SMILES string of the molecule is O=C1c2cc(-c3ccccc3)ccc2CN1c1cccc(-c2nccn2C2CC2)n1. The van der Waals surface area contributed by atoms with Gasteiger partial charge >= 0.3 is 0 Å². The van der Waals surface area contributed by atoms with Crippen molar-refractivity contribution in [1.82, 2.24) is 14.5 Å². The molecular weight excluding hydrogens is 372 g/mol. The summed E-state index contributed by atoms with van der Waals surface area (Å²) in [6, 6.07) is 22.6. The second kappa shape index (κ2) is 6.66. The lowest BCUT2D eigenvalue weighted by molar-refractivity contribution is 0.0996. The van der Waals surface area contributed by atoms with Gasteiger partial charge in [-0.3, -0.25) is 9.69 Å². The number of imidazole rings is 1. The Kier molecular flexibility index (Phi) is 3.81. The number of nitrogens with zero attached hydrogens (tertiary/aromatic N) is 4. The summed E-state index contributed by atoms with van der Waals surface area (Å²) in [6.45, 7) is 0.538. The van der Waals surface area contributed by atoms with Gasteiger partial charge in [0.15, 0.2) is 5.82 Å². The minimum atomic E-state index is -0.00188. The highest BCUT2D eigenvalue weighted by molar-refractivity contribution is 6.10. The number of rotatable bonds is 4. The monoisotopic (exact) mass is 392 g/mol. The van der Waals surface area contributed by atoms with E-state index in [0.29, 0.717) is 18.4 Å². The predicted molar refractivity (Wildman–Crippen MR) is 116 cm³/mol. The number of anilines is 1. The highest BCUT2D eigenvalue weighted by Gasteiger charge is 2.30. The number of aromatic nitrogens is 3. The van der Waals surface area contributed by atoms with Gasteiger partial charge in [0.2, 0.25) is 0 Å². The zero-order valence-corrected chi connectivity index (χ0v) is 16.4. The Balaban J connectivity index is 1.34. The van der Waals surface area contributed by atoms with E-state index in [0.717, 1.165) is 33.8 Å². The number of hydrogen-bond acceptors (Lipinski definition) is 3. The predicted octanol–water partition coefficient (Wildman–Crippen LogP) is 5.11. The number of carbonyl (C=O) groups is 1. The molecule has 1 aliphatic heterocycles. The molecule has 1 fully saturated rings. The lowest BCUT2D eigenvalue weighted by Crippen LogP contribution is -2.24. The first-order chi connectivity index (χ1) is 14.8. The van der Waals surface area contributed by atoms with Crippen LogP contribution in [0.3, 0.4) is 0 Å². The van der Waals surface area contributed by atoms with E-state index in [2.05, 4.69) is 33.8 Å². The fourth-order valence-corrected chi connectivity index (χ4v) is 4.15. The zero-order valence-electron chi connectivity index (χ0n) is 16.4. The Morgan fingerprint density at radius 2 is 1.77 bits per heavy atom. The lowest BCUT2D eigenvalue weighted by Gasteiger charge is -2.15. The zero-order chi connectivity index (χ0) is 20.1. The lowest BCUT2D eigenvalue weighted by atomic mass is 10.0. The van der Waals surface area contributed by atoms with Crippen LogP contribution in [0, 0.1) is 0 Å². The van der Waals surface area contributed by atoms with Gasteiger partial charge in [0.25, 0.3) is 5.91 Å². The van der Waals surface area contributed by atoms with Gasteiger partial charge in [-0.2, -0.15) is 0 Å². The minimum absolute atomic E-state index is 0.00188. The van der Waals surface area contributed by atoms with Crippen LogP contribution in [-0.2, 0) is 6.54 Å². The van der Waals surface area contributed by atoms with Crippen LogP contribution in [0.15, 0.2) is 79.1 Å². The summed E-state index contributed by atoms with van der Waals surface area (Å²) in [5, 5.41) is 0. The maximum atomic E-state index is 13.2. The topological polar surface area (TPSA) is 51.0 Å². The molecule has 30 heavy (non-hydrogen) atoms. The molecule has 0 saturated heterocycles. The van der Waals surface area contributed by atoms with E-state index in [1.165, 1.54) is 12.8 Å². The molecule has 5 nitrogen and oxygen atoms in total. The minimum Gasteiger partial charge on any atom is -0.327 e. The Labute approximate surface area is 174 Å². The maximum Gasteiger partial charge on any atom is 0.260 e. The van der Waals surface area contributed by atoms with E-state index < -0.39 is 0 Å². The van der Waals surface area contributed by atoms with E-state index >= 15 is 0 Å². The third-order valence-corrected chi connectivity index (χ3v) is 5.87. The molecule has 1 aliphatic carbocycles. The highest BCUT2D eigenvalue weighted by atomic mass is 16.2. The molecule has 0 radical (unpaired) electrons. The first-order valence-corrected chi connectivity index (χ1v) is 10.3. The molecule has 0 bridgehead atoms. The van der Waals surface area contributed by atoms with Crippen LogP contribution in [0.5, 0.6) is 0 Å². The molecule has 1 saturated carbocycles. The first kappa shape index (κ1) is 17.2.